The molecule has 3 rings (SSSR count). The highest BCUT2D eigenvalue weighted by Gasteiger charge is 2.21. The molecule has 0 aliphatic heterocycles. The van der Waals surface area contributed by atoms with Gasteiger partial charge in [-0.1, -0.05) is 46.3 Å². The molecule has 0 radical (unpaired) electrons. The average molecular weight is 359 g/mol. The molecule has 0 aliphatic rings. The first-order chi connectivity index (χ1) is 10.7. The molecule has 4 nitrogen and oxygen atoms in total. The van der Waals surface area contributed by atoms with Gasteiger partial charge in [0.15, 0.2) is 5.69 Å². The summed E-state index contributed by atoms with van der Waals surface area (Å²) in [5.74, 6) is -0.361. The number of ether oxygens (including phenoxy) is 1. The number of nitrogens with zero attached hydrogens (tertiary/aromatic N) is 2. The third-order valence-corrected chi connectivity index (χ3v) is 4.01. The second-order valence-electron chi connectivity index (χ2n) is 4.79. The minimum Gasteiger partial charge on any atom is -0.461 e. The third kappa shape index (κ3) is 2.64. The van der Waals surface area contributed by atoms with Crippen molar-refractivity contribution in [2.24, 2.45) is 0 Å². The zero-order valence-corrected chi connectivity index (χ0v) is 13.7. The van der Waals surface area contributed by atoms with Crippen LogP contribution in [0.4, 0.5) is 0 Å². The molecule has 0 amide bonds. The zero-order valence-electron chi connectivity index (χ0n) is 12.1. The van der Waals surface area contributed by atoms with Gasteiger partial charge in [-0.3, -0.25) is 4.40 Å². The first-order valence-electron chi connectivity index (χ1n) is 7.04. The maximum Gasteiger partial charge on any atom is 0.357 e. The zero-order chi connectivity index (χ0) is 15.5. The van der Waals surface area contributed by atoms with Crippen LogP contribution >= 0.6 is 15.9 Å². The molecule has 0 saturated heterocycles. The van der Waals surface area contributed by atoms with Crippen LogP contribution in [0.1, 0.15) is 23.0 Å². The predicted molar refractivity (Wildman–Crippen MR) is 89.2 cm³/mol. The summed E-state index contributed by atoms with van der Waals surface area (Å²) < 4.78 is 6.99. The van der Waals surface area contributed by atoms with Crippen LogP contribution in [0, 0.1) is 0 Å². The fraction of sp³-hybridized carbons (Fsp3) is 0.176. The normalized spacial score (nSPS) is 10.8. The number of carbonyl (C=O) groups excluding carboxylic acids is 1. The highest BCUT2D eigenvalue weighted by atomic mass is 79.9. The first-order valence-corrected chi connectivity index (χ1v) is 8.16. The molecule has 2 aromatic heterocycles. The topological polar surface area (TPSA) is 43.6 Å². The quantitative estimate of drug-likeness (QED) is 0.521. The molecule has 5 heteroatoms. The molecule has 0 fully saturated rings. The van der Waals surface area contributed by atoms with E-state index in [0.717, 1.165) is 22.1 Å². The number of pyridine rings is 1. The van der Waals surface area contributed by atoms with E-state index in [0.29, 0.717) is 18.0 Å². The summed E-state index contributed by atoms with van der Waals surface area (Å²) >= 11 is 3.44. The van der Waals surface area contributed by atoms with E-state index in [1.807, 2.05) is 48.7 Å². The Bertz CT molecular complexity index is 812. The average Bonchev–Trinajstić information content (AvgIpc) is 2.94. The van der Waals surface area contributed by atoms with Crippen molar-refractivity contribution in [3.05, 3.63) is 59.9 Å². The lowest BCUT2D eigenvalue weighted by atomic mass is 10.1. The Kier molecular flexibility index (Phi) is 4.24. The third-order valence-electron chi connectivity index (χ3n) is 3.36. The van der Waals surface area contributed by atoms with Crippen LogP contribution in [0.3, 0.4) is 0 Å². The van der Waals surface area contributed by atoms with Crippen molar-refractivity contribution >= 4 is 27.5 Å². The van der Waals surface area contributed by atoms with Gasteiger partial charge in [0.25, 0.3) is 0 Å². The smallest absolute Gasteiger partial charge is 0.357 e. The van der Waals surface area contributed by atoms with Crippen LogP contribution in [0.5, 0.6) is 0 Å². The lowest BCUT2D eigenvalue weighted by molar-refractivity contribution is 0.0519. The number of alkyl halides is 1. The first kappa shape index (κ1) is 14.8. The van der Waals surface area contributed by atoms with E-state index in [1.54, 1.807) is 11.3 Å². The molecule has 0 spiro atoms. The van der Waals surface area contributed by atoms with Crippen LogP contribution in [-0.4, -0.2) is 22.0 Å². The molecule has 2 heterocycles. The summed E-state index contributed by atoms with van der Waals surface area (Å²) in [6, 6.07) is 13.6. The second kappa shape index (κ2) is 6.32. The Morgan fingerprint density at radius 2 is 2.05 bits per heavy atom. The van der Waals surface area contributed by atoms with Crippen LogP contribution in [0.2, 0.25) is 0 Å². The molecule has 3 aromatic rings. The molecule has 112 valence electrons. The van der Waals surface area contributed by atoms with Crippen molar-refractivity contribution in [3.8, 4) is 11.3 Å². The highest BCUT2D eigenvalue weighted by Crippen LogP contribution is 2.25. The van der Waals surface area contributed by atoms with E-state index in [-0.39, 0.29) is 5.97 Å². The molecule has 0 saturated carbocycles. The molecular weight excluding hydrogens is 344 g/mol. The maximum absolute atomic E-state index is 12.4. The Morgan fingerprint density at radius 3 is 2.73 bits per heavy atom. The van der Waals surface area contributed by atoms with Gasteiger partial charge in [-0.2, -0.15) is 0 Å². The van der Waals surface area contributed by atoms with Gasteiger partial charge < -0.3 is 4.74 Å². The number of esters is 1. The largest absolute Gasteiger partial charge is 0.461 e. The molecule has 0 unspecified atom stereocenters. The summed E-state index contributed by atoms with van der Waals surface area (Å²) in [6.45, 7) is 2.13. The van der Waals surface area contributed by atoms with E-state index in [2.05, 4.69) is 20.9 Å². The van der Waals surface area contributed by atoms with E-state index in [1.165, 1.54) is 0 Å². The van der Waals surface area contributed by atoms with Crippen LogP contribution in [0.15, 0.2) is 48.7 Å². The summed E-state index contributed by atoms with van der Waals surface area (Å²) in [6.07, 6.45) is 1.86. The van der Waals surface area contributed by atoms with E-state index in [9.17, 15) is 4.79 Å². The molecule has 0 aliphatic carbocycles. The molecule has 0 N–H and O–H groups in total. The minimum absolute atomic E-state index is 0.333. The van der Waals surface area contributed by atoms with Gasteiger partial charge in [0.05, 0.1) is 6.61 Å². The van der Waals surface area contributed by atoms with Gasteiger partial charge >= 0.3 is 5.97 Å². The van der Waals surface area contributed by atoms with Gasteiger partial charge in [0.2, 0.25) is 0 Å². The number of hydrogen-bond donors (Lipinski definition) is 0. The number of fused-ring (bicyclic) bond motifs is 1. The number of aromatic nitrogens is 2. The van der Waals surface area contributed by atoms with E-state index >= 15 is 0 Å². The number of imidazole rings is 1. The van der Waals surface area contributed by atoms with Gasteiger partial charge in [-0.25, -0.2) is 9.78 Å². The van der Waals surface area contributed by atoms with Gasteiger partial charge in [0.1, 0.15) is 11.3 Å². The van der Waals surface area contributed by atoms with Crippen LogP contribution < -0.4 is 0 Å². The van der Waals surface area contributed by atoms with E-state index < -0.39 is 0 Å². The Labute approximate surface area is 136 Å². The molecule has 0 atom stereocenters. The van der Waals surface area contributed by atoms with E-state index in [4.69, 9.17) is 4.74 Å². The maximum atomic E-state index is 12.4. The minimum atomic E-state index is -0.361. The lowest BCUT2D eigenvalue weighted by Crippen LogP contribution is -2.09. The molecular formula is C17H15BrN2O2. The Hall–Kier alpha value is -2.14. The highest BCUT2D eigenvalue weighted by molar-refractivity contribution is 9.08. The molecule has 22 heavy (non-hydrogen) atoms. The molecule has 0 bridgehead atoms. The monoisotopic (exact) mass is 358 g/mol. The fourth-order valence-corrected chi connectivity index (χ4v) is 2.71. The number of carbonyl (C=O) groups is 1. The van der Waals surface area contributed by atoms with Crippen molar-refractivity contribution < 1.29 is 9.53 Å². The van der Waals surface area contributed by atoms with Crippen LogP contribution in [0.25, 0.3) is 16.9 Å². The second-order valence-corrected chi connectivity index (χ2v) is 5.35. The summed E-state index contributed by atoms with van der Waals surface area (Å²) in [5, 5.41) is 0.742. The lowest BCUT2D eigenvalue weighted by Gasteiger charge is -2.05. The van der Waals surface area contributed by atoms with Crippen molar-refractivity contribution in [2.75, 3.05) is 6.61 Å². The molecule has 1 aromatic carbocycles. The fourth-order valence-electron chi connectivity index (χ4n) is 2.36. The summed E-state index contributed by atoms with van der Waals surface area (Å²) in [4.78, 5) is 17.0. The van der Waals surface area contributed by atoms with Crippen LogP contribution in [-0.2, 0) is 10.1 Å². The summed E-state index contributed by atoms with van der Waals surface area (Å²) in [5.41, 5.74) is 3.84. The van der Waals surface area contributed by atoms with Crippen molar-refractivity contribution in [3.63, 3.8) is 0 Å². The Balaban J connectivity index is 2.25. The van der Waals surface area contributed by atoms with Gasteiger partial charge in [0, 0.05) is 17.1 Å². The number of rotatable bonds is 4. The summed E-state index contributed by atoms with van der Waals surface area (Å²) in [7, 11) is 0. The van der Waals surface area contributed by atoms with Gasteiger partial charge in [-0.15, -0.1) is 0 Å². The van der Waals surface area contributed by atoms with Crippen molar-refractivity contribution in [1.29, 1.82) is 0 Å². The predicted octanol–water partition coefficient (Wildman–Crippen LogP) is 4.07. The van der Waals surface area contributed by atoms with Gasteiger partial charge in [-0.05, 0) is 24.6 Å². The standard InChI is InChI=1S/C17H15BrN2O2/c1-2-22-17(21)16-15(13-6-4-3-5-7-13)19-14-10-12(11-18)8-9-20(14)16/h3-10H,2,11H2,1H3. The van der Waals surface area contributed by atoms with Crippen molar-refractivity contribution in [1.82, 2.24) is 9.38 Å². The number of benzene rings is 1. The Morgan fingerprint density at radius 1 is 1.27 bits per heavy atom. The van der Waals surface area contributed by atoms with Crippen molar-refractivity contribution in [2.45, 2.75) is 12.3 Å². The number of halogens is 1. The number of hydrogen-bond acceptors (Lipinski definition) is 3. The SMILES string of the molecule is CCOC(=O)c1c(-c2ccccc2)nc2cc(CBr)ccn12.